The van der Waals surface area contributed by atoms with E-state index in [0.29, 0.717) is 10.8 Å². The van der Waals surface area contributed by atoms with Crippen LogP contribution in [0.15, 0.2) is 18.5 Å². The number of aromatic nitrogens is 4. The lowest BCUT2D eigenvalue weighted by molar-refractivity contribution is 1.03. The Hall–Kier alpha value is -1.07. The number of halogens is 1. The van der Waals surface area contributed by atoms with Crippen LogP contribution in [-0.4, -0.2) is 19.6 Å². The summed E-state index contributed by atoms with van der Waals surface area (Å²) in [6.45, 7) is 0. The van der Waals surface area contributed by atoms with Crippen molar-refractivity contribution < 1.29 is 0 Å². The molecule has 6 heteroatoms. The highest BCUT2D eigenvalue weighted by molar-refractivity contribution is 7.09. The maximum absolute atomic E-state index is 5.57. The topological polar surface area (TPSA) is 51.6 Å². The third-order valence-electron chi connectivity index (χ3n) is 1.21. The molecule has 0 saturated heterocycles. The van der Waals surface area contributed by atoms with E-state index in [1.54, 1.807) is 12.1 Å². The van der Waals surface area contributed by atoms with Gasteiger partial charge in [-0.2, -0.15) is 4.37 Å². The van der Waals surface area contributed by atoms with E-state index in [2.05, 4.69) is 19.6 Å². The summed E-state index contributed by atoms with van der Waals surface area (Å²) in [5, 5.41) is 8.66. The van der Waals surface area contributed by atoms with E-state index in [0.717, 1.165) is 5.01 Å². The summed E-state index contributed by atoms with van der Waals surface area (Å²) >= 11 is 6.84. The lowest BCUT2D eigenvalue weighted by Crippen LogP contribution is -1.85. The van der Waals surface area contributed by atoms with Gasteiger partial charge in [-0.05, 0) is 23.7 Å². The number of hydrogen-bond donors (Lipinski definition) is 0. The molecular weight excluding hydrogens is 196 g/mol. The van der Waals surface area contributed by atoms with Crippen LogP contribution in [0.3, 0.4) is 0 Å². The van der Waals surface area contributed by atoms with Crippen molar-refractivity contribution in [2.45, 2.75) is 0 Å². The Morgan fingerprint density at radius 2 is 2.17 bits per heavy atom. The van der Waals surface area contributed by atoms with E-state index in [1.807, 2.05) is 0 Å². The van der Waals surface area contributed by atoms with Crippen molar-refractivity contribution >= 4 is 23.1 Å². The van der Waals surface area contributed by atoms with Gasteiger partial charge in [0.15, 0.2) is 10.2 Å². The summed E-state index contributed by atoms with van der Waals surface area (Å²) in [5.74, 6) is 0. The third kappa shape index (κ3) is 1.41. The van der Waals surface area contributed by atoms with Crippen molar-refractivity contribution in [2.75, 3.05) is 0 Å². The first-order valence-corrected chi connectivity index (χ1v) is 4.27. The van der Waals surface area contributed by atoms with Crippen molar-refractivity contribution in [1.82, 2.24) is 19.6 Å². The van der Waals surface area contributed by atoms with Gasteiger partial charge < -0.3 is 0 Å². The smallest absolute Gasteiger partial charge is 0.163 e. The van der Waals surface area contributed by atoms with Gasteiger partial charge in [0, 0.05) is 0 Å². The lowest BCUT2D eigenvalue weighted by Gasteiger charge is -1.91. The molecule has 0 unspecified atom stereocenters. The predicted octanol–water partition coefficient (Wildman–Crippen LogP) is 1.65. The zero-order chi connectivity index (χ0) is 8.39. The van der Waals surface area contributed by atoms with Crippen molar-refractivity contribution in [3.8, 4) is 10.7 Å². The van der Waals surface area contributed by atoms with E-state index < -0.39 is 0 Å². The molecule has 2 aromatic rings. The average molecular weight is 199 g/mol. The van der Waals surface area contributed by atoms with Crippen LogP contribution in [-0.2, 0) is 0 Å². The zero-order valence-electron chi connectivity index (χ0n) is 5.81. The molecule has 0 radical (unpaired) electrons. The molecule has 12 heavy (non-hydrogen) atoms. The molecule has 2 aromatic heterocycles. The summed E-state index contributed by atoms with van der Waals surface area (Å²) in [6, 6.07) is 3.43. The van der Waals surface area contributed by atoms with Crippen LogP contribution in [0.5, 0.6) is 0 Å². The van der Waals surface area contributed by atoms with E-state index in [9.17, 15) is 0 Å². The molecule has 4 nitrogen and oxygen atoms in total. The number of rotatable bonds is 1. The van der Waals surface area contributed by atoms with Crippen molar-refractivity contribution in [2.24, 2.45) is 0 Å². The lowest BCUT2D eigenvalue weighted by atomic mass is 10.4. The van der Waals surface area contributed by atoms with Crippen LogP contribution in [0.2, 0.25) is 5.15 Å². The largest absolute Gasteiger partial charge is 0.221 e. The fourth-order valence-corrected chi connectivity index (χ4v) is 1.31. The molecule has 0 bridgehead atoms. The first kappa shape index (κ1) is 7.57. The summed E-state index contributed by atoms with van der Waals surface area (Å²) in [6.07, 6.45) is 1.48. The van der Waals surface area contributed by atoms with Gasteiger partial charge in [-0.25, -0.2) is 4.98 Å². The van der Waals surface area contributed by atoms with Crippen LogP contribution < -0.4 is 0 Å². The fraction of sp³-hybridized carbons (Fsp3) is 0. The number of nitrogens with zero attached hydrogens (tertiary/aromatic N) is 4. The van der Waals surface area contributed by atoms with E-state index in [4.69, 9.17) is 11.6 Å². The van der Waals surface area contributed by atoms with Crippen LogP contribution in [0.4, 0.5) is 0 Å². The van der Waals surface area contributed by atoms with Gasteiger partial charge in [0.25, 0.3) is 0 Å². The molecule has 2 heterocycles. The van der Waals surface area contributed by atoms with Gasteiger partial charge in [0.05, 0.1) is 0 Å². The van der Waals surface area contributed by atoms with Crippen molar-refractivity contribution in [1.29, 1.82) is 0 Å². The fourth-order valence-electron chi connectivity index (χ4n) is 0.716. The second kappa shape index (κ2) is 3.12. The monoisotopic (exact) mass is 198 g/mol. The minimum absolute atomic E-state index is 0.378. The summed E-state index contributed by atoms with van der Waals surface area (Å²) in [4.78, 5) is 3.98. The minimum atomic E-state index is 0.378. The summed E-state index contributed by atoms with van der Waals surface area (Å²) in [7, 11) is 0. The molecule has 60 valence electrons. The Morgan fingerprint density at radius 3 is 2.75 bits per heavy atom. The highest BCUT2D eigenvalue weighted by Gasteiger charge is 2.02. The van der Waals surface area contributed by atoms with Gasteiger partial charge in [0.2, 0.25) is 0 Å². The Bertz CT molecular complexity index is 358. The second-order valence-electron chi connectivity index (χ2n) is 1.99. The Balaban J connectivity index is 2.43. The summed E-state index contributed by atoms with van der Waals surface area (Å²) in [5.41, 5.74) is 0.696. The molecule has 2 rings (SSSR count). The minimum Gasteiger partial charge on any atom is -0.221 e. The van der Waals surface area contributed by atoms with Crippen LogP contribution >= 0.6 is 23.1 Å². The molecule has 0 atom stereocenters. The summed E-state index contributed by atoms with van der Waals surface area (Å²) < 4.78 is 3.85. The Labute approximate surface area is 77.4 Å². The molecule has 0 spiro atoms. The third-order valence-corrected chi connectivity index (χ3v) is 2.10. The van der Waals surface area contributed by atoms with Crippen LogP contribution in [0.25, 0.3) is 10.7 Å². The first-order chi connectivity index (χ1) is 5.86. The van der Waals surface area contributed by atoms with Gasteiger partial charge in [-0.1, -0.05) is 11.6 Å². The maximum atomic E-state index is 5.57. The Kier molecular flexibility index (Phi) is 1.97. The second-order valence-corrected chi connectivity index (χ2v) is 3.16. The maximum Gasteiger partial charge on any atom is 0.163 e. The Morgan fingerprint density at radius 1 is 1.25 bits per heavy atom. The first-order valence-electron chi connectivity index (χ1n) is 3.12. The SMILES string of the molecule is Clc1ccc(-c2ncns2)nn1. The van der Waals surface area contributed by atoms with Crippen LogP contribution in [0.1, 0.15) is 0 Å². The highest BCUT2D eigenvalue weighted by Crippen LogP contribution is 2.16. The normalized spacial score (nSPS) is 10.1. The van der Waals surface area contributed by atoms with Crippen molar-refractivity contribution in [3.05, 3.63) is 23.6 Å². The van der Waals surface area contributed by atoms with E-state index in [1.165, 1.54) is 17.9 Å². The molecule has 0 N–H and O–H groups in total. The molecule has 0 fully saturated rings. The molecule has 0 aliphatic rings. The average Bonchev–Trinajstić information content (AvgIpc) is 2.58. The quantitative estimate of drug-likeness (QED) is 0.699. The standard InChI is InChI=1S/C6H3ClN4S/c7-5-2-1-4(10-11-5)6-8-3-9-12-6/h1-3H. The highest BCUT2D eigenvalue weighted by atomic mass is 35.5. The molecule has 0 saturated carbocycles. The van der Waals surface area contributed by atoms with Gasteiger partial charge in [-0.15, -0.1) is 10.2 Å². The predicted molar refractivity (Wildman–Crippen MR) is 45.9 cm³/mol. The van der Waals surface area contributed by atoms with Gasteiger partial charge in [-0.3, -0.25) is 0 Å². The van der Waals surface area contributed by atoms with Gasteiger partial charge >= 0.3 is 0 Å². The number of hydrogen-bond acceptors (Lipinski definition) is 5. The zero-order valence-corrected chi connectivity index (χ0v) is 7.38. The molecular formula is C6H3ClN4S. The molecule has 0 amide bonds. The van der Waals surface area contributed by atoms with E-state index in [-0.39, 0.29) is 0 Å². The van der Waals surface area contributed by atoms with Crippen molar-refractivity contribution in [3.63, 3.8) is 0 Å². The molecule has 0 aliphatic heterocycles. The molecule has 0 aromatic carbocycles. The van der Waals surface area contributed by atoms with Crippen LogP contribution in [0, 0.1) is 0 Å². The molecule has 0 aliphatic carbocycles. The van der Waals surface area contributed by atoms with Gasteiger partial charge in [0.1, 0.15) is 12.0 Å². The van der Waals surface area contributed by atoms with E-state index >= 15 is 0 Å².